The molecule has 1 aromatic heterocycles. The quantitative estimate of drug-likeness (QED) is 0.561. The number of pyridine rings is 1. The molecular formula is C13H22N4O2. The molecule has 6 nitrogen and oxygen atoms in total. The molecule has 0 saturated heterocycles. The van der Waals surface area contributed by atoms with Crippen molar-refractivity contribution < 1.29 is 4.92 Å². The lowest BCUT2D eigenvalue weighted by Crippen LogP contribution is -2.27. The van der Waals surface area contributed by atoms with Crippen molar-refractivity contribution >= 4 is 17.3 Å². The third-order valence-corrected chi connectivity index (χ3v) is 3.19. The van der Waals surface area contributed by atoms with Crippen molar-refractivity contribution in [2.75, 3.05) is 36.0 Å². The molecule has 1 aromatic rings. The Morgan fingerprint density at radius 1 is 1.05 bits per heavy atom. The number of nitrogens with zero attached hydrogens (tertiary/aromatic N) is 4. The summed E-state index contributed by atoms with van der Waals surface area (Å²) in [5, 5.41) is 11.1. The van der Waals surface area contributed by atoms with Gasteiger partial charge in [0.1, 0.15) is 5.82 Å². The van der Waals surface area contributed by atoms with Crippen LogP contribution in [0.5, 0.6) is 0 Å². The summed E-state index contributed by atoms with van der Waals surface area (Å²) in [6, 6.07) is 3.27. The predicted molar refractivity (Wildman–Crippen MR) is 78.0 cm³/mol. The minimum Gasteiger partial charge on any atom is -0.357 e. The second-order valence-electron chi connectivity index (χ2n) is 4.11. The molecule has 0 amide bonds. The first kappa shape index (κ1) is 15.2. The van der Waals surface area contributed by atoms with E-state index < -0.39 is 0 Å². The normalized spacial score (nSPS) is 10.3. The summed E-state index contributed by atoms with van der Waals surface area (Å²) >= 11 is 0. The molecule has 6 heteroatoms. The van der Waals surface area contributed by atoms with Crippen LogP contribution >= 0.6 is 0 Å². The van der Waals surface area contributed by atoms with Gasteiger partial charge in [-0.1, -0.05) is 0 Å². The Morgan fingerprint density at radius 3 is 2.00 bits per heavy atom. The number of nitro groups is 1. The molecule has 0 aliphatic carbocycles. The summed E-state index contributed by atoms with van der Waals surface area (Å²) in [4.78, 5) is 19.2. The molecule has 0 aliphatic heterocycles. The van der Waals surface area contributed by atoms with Gasteiger partial charge in [0.15, 0.2) is 0 Å². The Hall–Kier alpha value is -1.85. The standard InChI is InChI=1S/C13H22N4O2/c1-5-15(6-2)12-10-9-11(17(18)19)13(14-12)16(7-3)8-4/h9-10H,5-8H2,1-4H3. The largest absolute Gasteiger partial charge is 0.357 e. The SMILES string of the molecule is CCN(CC)c1ccc([N+](=O)[O-])c(N(CC)CC)n1. The van der Waals surface area contributed by atoms with Crippen LogP contribution in [0.15, 0.2) is 12.1 Å². The molecule has 0 N–H and O–H groups in total. The number of hydrogen-bond donors (Lipinski definition) is 0. The summed E-state index contributed by atoms with van der Waals surface area (Å²) < 4.78 is 0. The molecule has 19 heavy (non-hydrogen) atoms. The molecule has 0 bridgehead atoms. The van der Waals surface area contributed by atoms with Crippen molar-refractivity contribution in [2.24, 2.45) is 0 Å². The molecule has 0 atom stereocenters. The number of aromatic nitrogens is 1. The Labute approximate surface area is 114 Å². The summed E-state index contributed by atoms with van der Waals surface area (Å²) in [6.45, 7) is 11.1. The lowest BCUT2D eigenvalue weighted by Gasteiger charge is -2.24. The van der Waals surface area contributed by atoms with Crippen LogP contribution in [0.2, 0.25) is 0 Å². The van der Waals surface area contributed by atoms with Gasteiger partial charge in [-0.05, 0) is 33.8 Å². The smallest absolute Gasteiger partial charge is 0.311 e. The van der Waals surface area contributed by atoms with E-state index in [0.29, 0.717) is 18.9 Å². The number of rotatable bonds is 7. The van der Waals surface area contributed by atoms with Gasteiger partial charge in [-0.25, -0.2) is 4.98 Å². The van der Waals surface area contributed by atoms with E-state index in [1.165, 1.54) is 0 Å². The molecule has 0 radical (unpaired) electrons. The Bertz CT molecular complexity index is 429. The molecule has 106 valence electrons. The van der Waals surface area contributed by atoms with Crippen molar-refractivity contribution in [3.8, 4) is 0 Å². The van der Waals surface area contributed by atoms with Gasteiger partial charge in [0.05, 0.1) is 4.92 Å². The second kappa shape index (κ2) is 6.92. The maximum Gasteiger partial charge on any atom is 0.311 e. The average molecular weight is 266 g/mol. The first-order valence-electron chi connectivity index (χ1n) is 6.74. The van der Waals surface area contributed by atoms with Crippen LogP contribution in [-0.4, -0.2) is 36.1 Å². The number of hydrogen-bond acceptors (Lipinski definition) is 5. The van der Waals surface area contributed by atoms with Crippen LogP contribution in [0.4, 0.5) is 17.3 Å². The average Bonchev–Trinajstić information content (AvgIpc) is 2.41. The van der Waals surface area contributed by atoms with E-state index in [0.717, 1.165) is 18.9 Å². The van der Waals surface area contributed by atoms with Crippen LogP contribution in [0.3, 0.4) is 0 Å². The van der Waals surface area contributed by atoms with Crippen LogP contribution in [-0.2, 0) is 0 Å². The predicted octanol–water partition coefficient (Wildman–Crippen LogP) is 2.68. The summed E-state index contributed by atoms with van der Waals surface area (Å²) in [7, 11) is 0. The van der Waals surface area contributed by atoms with Crippen molar-refractivity contribution in [2.45, 2.75) is 27.7 Å². The molecule has 1 heterocycles. The Balaban J connectivity index is 3.28. The minimum absolute atomic E-state index is 0.0691. The number of anilines is 2. The van der Waals surface area contributed by atoms with E-state index in [2.05, 4.69) is 9.88 Å². The van der Waals surface area contributed by atoms with Gasteiger partial charge in [-0.3, -0.25) is 10.1 Å². The Kier molecular flexibility index (Phi) is 5.54. The van der Waals surface area contributed by atoms with Crippen molar-refractivity contribution in [1.82, 2.24) is 4.98 Å². The van der Waals surface area contributed by atoms with E-state index in [9.17, 15) is 10.1 Å². The summed E-state index contributed by atoms with van der Waals surface area (Å²) in [6.07, 6.45) is 0. The van der Waals surface area contributed by atoms with E-state index >= 15 is 0 Å². The van der Waals surface area contributed by atoms with Crippen molar-refractivity contribution in [3.63, 3.8) is 0 Å². The fourth-order valence-electron chi connectivity index (χ4n) is 2.05. The van der Waals surface area contributed by atoms with Gasteiger partial charge in [0.2, 0.25) is 5.82 Å². The summed E-state index contributed by atoms with van der Waals surface area (Å²) in [5.74, 6) is 1.25. The molecule has 0 spiro atoms. The van der Waals surface area contributed by atoms with Gasteiger partial charge in [0.25, 0.3) is 0 Å². The van der Waals surface area contributed by atoms with Gasteiger partial charge >= 0.3 is 5.69 Å². The highest BCUT2D eigenvalue weighted by atomic mass is 16.6. The van der Waals surface area contributed by atoms with E-state index in [4.69, 9.17) is 0 Å². The zero-order chi connectivity index (χ0) is 14.4. The molecule has 0 unspecified atom stereocenters. The minimum atomic E-state index is -0.368. The fourth-order valence-corrected chi connectivity index (χ4v) is 2.05. The first-order chi connectivity index (χ1) is 9.08. The summed E-state index contributed by atoms with van der Waals surface area (Å²) in [5.41, 5.74) is 0.0691. The third-order valence-electron chi connectivity index (χ3n) is 3.19. The maximum absolute atomic E-state index is 11.1. The van der Waals surface area contributed by atoms with Crippen LogP contribution in [0, 0.1) is 10.1 Å². The highest BCUT2D eigenvalue weighted by Crippen LogP contribution is 2.28. The molecule has 1 rings (SSSR count). The van der Waals surface area contributed by atoms with Gasteiger partial charge in [-0.15, -0.1) is 0 Å². The lowest BCUT2D eigenvalue weighted by molar-refractivity contribution is -0.384. The van der Waals surface area contributed by atoms with Crippen LogP contribution in [0.25, 0.3) is 0 Å². The van der Waals surface area contributed by atoms with E-state index in [1.807, 2.05) is 32.6 Å². The second-order valence-corrected chi connectivity index (χ2v) is 4.11. The molecule has 0 saturated carbocycles. The van der Waals surface area contributed by atoms with Gasteiger partial charge in [-0.2, -0.15) is 0 Å². The van der Waals surface area contributed by atoms with E-state index in [1.54, 1.807) is 12.1 Å². The van der Waals surface area contributed by atoms with Crippen molar-refractivity contribution in [3.05, 3.63) is 22.2 Å². The van der Waals surface area contributed by atoms with Crippen LogP contribution in [0.1, 0.15) is 27.7 Å². The molecule has 0 fully saturated rings. The fraction of sp³-hybridized carbons (Fsp3) is 0.615. The first-order valence-corrected chi connectivity index (χ1v) is 6.74. The van der Waals surface area contributed by atoms with Crippen LogP contribution < -0.4 is 9.80 Å². The highest BCUT2D eigenvalue weighted by Gasteiger charge is 2.21. The van der Waals surface area contributed by atoms with Crippen molar-refractivity contribution in [1.29, 1.82) is 0 Å². The zero-order valence-corrected chi connectivity index (χ0v) is 12.1. The van der Waals surface area contributed by atoms with Gasteiger partial charge < -0.3 is 9.80 Å². The molecular weight excluding hydrogens is 244 g/mol. The topological polar surface area (TPSA) is 62.5 Å². The third kappa shape index (κ3) is 3.33. The van der Waals surface area contributed by atoms with E-state index in [-0.39, 0.29) is 10.6 Å². The monoisotopic (exact) mass is 266 g/mol. The maximum atomic E-state index is 11.1. The zero-order valence-electron chi connectivity index (χ0n) is 12.1. The lowest BCUT2D eigenvalue weighted by atomic mass is 10.3. The molecule has 0 aromatic carbocycles. The Morgan fingerprint density at radius 2 is 1.58 bits per heavy atom. The highest BCUT2D eigenvalue weighted by molar-refractivity contribution is 5.62. The molecule has 0 aliphatic rings. The van der Waals surface area contributed by atoms with Gasteiger partial charge in [0, 0.05) is 32.2 Å².